The molecule has 0 aromatic heterocycles. The number of fused-ring (bicyclic) bond motifs is 1. The molecule has 0 amide bonds. The summed E-state index contributed by atoms with van der Waals surface area (Å²) in [5, 5.41) is 5.13. The van der Waals surface area contributed by atoms with Gasteiger partial charge in [0.15, 0.2) is 0 Å². The van der Waals surface area contributed by atoms with Gasteiger partial charge in [-0.15, -0.1) is 4.91 Å². The number of nitroso groups, excluding NO2 is 1. The molecule has 0 unspecified atom stereocenters. The Bertz CT molecular complexity index is 483. The van der Waals surface area contributed by atoms with Crippen LogP contribution in [0.5, 0.6) is 0 Å². The average molecular weight is 402 g/mol. The average Bonchev–Trinajstić information content (AvgIpc) is 2.39. The van der Waals surface area contributed by atoms with Crippen LogP contribution >= 0.6 is 0 Å². The molecule has 0 saturated heterocycles. The molecule has 0 N–H and O–H groups in total. The fourth-order valence-corrected chi connectivity index (χ4v) is 1.69. The smallest absolute Gasteiger partial charge is 0.118 e. The van der Waals surface area contributed by atoms with E-state index in [-0.39, 0.29) is 20.4 Å². The molecule has 0 bridgehead atoms. The number of rotatable bonds is 2. The van der Waals surface area contributed by atoms with Crippen molar-refractivity contribution in [3.63, 3.8) is 0 Å². The molecule has 91 valence electrons. The summed E-state index contributed by atoms with van der Waals surface area (Å²) in [6.45, 7) is 6.03. The van der Waals surface area contributed by atoms with E-state index in [0.717, 1.165) is 22.8 Å². The van der Waals surface area contributed by atoms with Gasteiger partial charge in [-0.25, -0.2) is 0 Å². The van der Waals surface area contributed by atoms with Crippen LogP contribution < -0.4 is 0 Å². The summed E-state index contributed by atoms with van der Waals surface area (Å²) in [7, 11) is 0. The summed E-state index contributed by atoms with van der Waals surface area (Å²) in [5.41, 5.74) is 1.60. The van der Waals surface area contributed by atoms with E-state index in [9.17, 15) is 4.91 Å². The first-order valence-corrected chi connectivity index (χ1v) is 5.70. The van der Waals surface area contributed by atoms with Gasteiger partial charge in [-0.05, 0) is 22.5 Å². The molecule has 0 spiro atoms. The molecule has 3 heteroatoms. The molecule has 0 atom stereocenters. The Morgan fingerprint density at radius 2 is 1.71 bits per heavy atom. The topological polar surface area (TPSA) is 29.4 Å². The second kappa shape index (κ2) is 8.11. The third kappa shape index (κ3) is 3.46. The Balaban J connectivity index is 0.000000811. The molecule has 2 aromatic rings. The molecular formula is C14H17NORe. The second-order valence-electron chi connectivity index (χ2n) is 3.24. The molecule has 2 nitrogen and oxygen atoms in total. The van der Waals surface area contributed by atoms with Crippen molar-refractivity contribution in [3.05, 3.63) is 46.9 Å². The Morgan fingerprint density at radius 3 is 2.29 bits per heavy atom. The van der Waals surface area contributed by atoms with Gasteiger partial charge in [0.05, 0.1) is 0 Å². The van der Waals surface area contributed by atoms with E-state index < -0.39 is 0 Å². The first-order valence-electron chi connectivity index (χ1n) is 5.70. The minimum atomic E-state index is 0. The maximum atomic E-state index is 10.8. The van der Waals surface area contributed by atoms with Crippen LogP contribution in [0.1, 0.15) is 26.3 Å². The van der Waals surface area contributed by atoms with Crippen LogP contribution in [0.25, 0.3) is 10.8 Å². The van der Waals surface area contributed by atoms with Crippen LogP contribution in [-0.4, -0.2) is 0 Å². The SMILES string of the molecule is CC.CCc1ccc2ccccc2c1N=O.[Re]. The fourth-order valence-electron chi connectivity index (χ4n) is 1.69. The van der Waals surface area contributed by atoms with Crippen molar-refractivity contribution in [2.75, 3.05) is 0 Å². The zero-order valence-electron chi connectivity index (χ0n) is 10.4. The van der Waals surface area contributed by atoms with Gasteiger partial charge in [-0.1, -0.05) is 57.2 Å². The summed E-state index contributed by atoms with van der Waals surface area (Å²) in [6.07, 6.45) is 0.839. The van der Waals surface area contributed by atoms with Crippen LogP contribution in [-0.2, 0) is 26.8 Å². The summed E-state index contributed by atoms with van der Waals surface area (Å²) < 4.78 is 0. The van der Waals surface area contributed by atoms with Gasteiger partial charge in [0.25, 0.3) is 0 Å². The monoisotopic (exact) mass is 402 g/mol. The van der Waals surface area contributed by atoms with Crippen LogP contribution in [0, 0.1) is 4.91 Å². The largest absolute Gasteiger partial charge is 0.145 e. The van der Waals surface area contributed by atoms with E-state index in [1.807, 2.05) is 57.2 Å². The number of hydrogen-bond donors (Lipinski definition) is 0. The van der Waals surface area contributed by atoms with E-state index in [2.05, 4.69) is 5.18 Å². The van der Waals surface area contributed by atoms with E-state index in [1.54, 1.807) is 0 Å². The summed E-state index contributed by atoms with van der Waals surface area (Å²) >= 11 is 0. The minimum Gasteiger partial charge on any atom is -0.145 e. The fraction of sp³-hybridized carbons (Fsp3) is 0.286. The molecule has 0 aliphatic carbocycles. The molecule has 0 aliphatic rings. The van der Waals surface area contributed by atoms with Crippen LogP contribution in [0.3, 0.4) is 0 Å². The van der Waals surface area contributed by atoms with Crippen LogP contribution in [0.2, 0.25) is 0 Å². The zero-order chi connectivity index (χ0) is 12.0. The predicted octanol–water partition coefficient (Wildman–Crippen LogP) is 4.82. The van der Waals surface area contributed by atoms with Gasteiger partial charge in [-0.2, -0.15) is 0 Å². The number of benzene rings is 2. The first-order chi connectivity index (χ1) is 7.86. The molecule has 17 heavy (non-hydrogen) atoms. The Kier molecular flexibility index (Phi) is 7.62. The van der Waals surface area contributed by atoms with Crippen molar-refractivity contribution >= 4 is 16.5 Å². The molecule has 1 radical (unpaired) electrons. The van der Waals surface area contributed by atoms with Crippen molar-refractivity contribution in [3.8, 4) is 0 Å². The Hall–Kier alpha value is -1.04. The summed E-state index contributed by atoms with van der Waals surface area (Å²) in [5.74, 6) is 0. The molecule has 2 aromatic carbocycles. The zero-order valence-corrected chi connectivity index (χ0v) is 13.1. The van der Waals surface area contributed by atoms with E-state index in [4.69, 9.17) is 0 Å². The molecule has 0 fully saturated rings. The van der Waals surface area contributed by atoms with Crippen molar-refractivity contribution in [2.24, 2.45) is 5.18 Å². The van der Waals surface area contributed by atoms with Crippen molar-refractivity contribution < 1.29 is 20.4 Å². The molecular weight excluding hydrogens is 384 g/mol. The maximum Gasteiger partial charge on any atom is 0.118 e. The molecule has 0 aliphatic heterocycles. The van der Waals surface area contributed by atoms with Gasteiger partial charge in [0, 0.05) is 25.8 Å². The van der Waals surface area contributed by atoms with Crippen molar-refractivity contribution in [1.82, 2.24) is 0 Å². The third-order valence-corrected chi connectivity index (χ3v) is 2.46. The summed E-state index contributed by atoms with van der Waals surface area (Å²) in [6, 6.07) is 11.8. The van der Waals surface area contributed by atoms with E-state index in [0.29, 0.717) is 5.69 Å². The molecule has 0 saturated carbocycles. The van der Waals surface area contributed by atoms with E-state index in [1.165, 1.54) is 0 Å². The number of aryl methyl sites for hydroxylation is 1. The van der Waals surface area contributed by atoms with Gasteiger partial charge in [0.2, 0.25) is 0 Å². The molecule has 2 rings (SSSR count). The Morgan fingerprint density at radius 1 is 1.06 bits per heavy atom. The normalized spacial score (nSPS) is 8.88. The number of hydrogen-bond acceptors (Lipinski definition) is 2. The maximum absolute atomic E-state index is 10.8. The quantitative estimate of drug-likeness (QED) is 0.663. The van der Waals surface area contributed by atoms with E-state index >= 15 is 0 Å². The molecule has 0 heterocycles. The van der Waals surface area contributed by atoms with Gasteiger partial charge >= 0.3 is 0 Å². The predicted molar refractivity (Wildman–Crippen MR) is 70.1 cm³/mol. The van der Waals surface area contributed by atoms with Gasteiger partial charge in [0.1, 0.15) is 5.69 Å². The van der Waals surface area contributed by atoms with Gasteiger partial charge < -0.3 is 0 Å². The standard InChI is InChI=1S/C12H11NO.C2H6.Re/c1-2-9-7-8-10-5-3-4-6-11(10)12(9)13-14;1-2;/h3-8H,2H2,1H3;1-2H3;. The van der Waals surface area contributed by atoms with Gasteiger partial charge in [-0.3, -0.25) is 0 Å². The first kappa shape index (κ1) is 16.0. The van der Waals surface area contributed by atoms with Crippen molar-refractivity contribution in [1.29, 1.82) is 0 Å². The van der Waals surface area contributed by atoms with Crippen LogP contribution in [0.4, 0.5) is 5.69 Å². The number of nitrogens with zero attached hydrogens (tertiary/aromatic N) is 1. The summed E-state index contributed by atoms with van der Waals surface area (Å²) in [4.78, 5) is 10.8. The third-order valence-electron chi connectivity index (χ3n) is 2.46. The second-order valence-corrected chi connectivity index (χ2v) is 3.24. The van der Waals surface area contributed by atoms with Crippen molar-refractivity contribution in [2.45, 2.75) is 27.2 Å². The Labute approximate surface area is 116 Å². The van der Waals surface area contributed by atoms with Crippen LogP contribution in [0.15, 0.2) is 41.6 Å². The minimum absolute atomic E-state index is 0.